The highest BCUT2D eigenvalue weighted by molar-refractivity contribution is 4.98. The first-order valence-corrected chi connectivity index (χ1v) is 5.88. The molecule has 0 spiro atoms. The Kier molecular flexibility index (Phi) is 5.04. The van der Waals surface area contributed by atoms with Crippen LogP contribution in [0.15, 0.2) is 0 Å². The Balaban J connectivity index is 2.40. The van der Waals surface area contributed by atoms with Crippen LogP contribution in [0.25, 0.3) is 0 Å². The molecule has 0 heterocycles. The van der Waals surface area contributed by atoms with Gasteiger partial charge in [-0.2, -0.15) is 0 Å². The van der Waals surface area contributed by atoms with Gasteiger partial charge in [-0.05, 0) is 31.6 Å². The molecule has 0 aromatic rings. The molecule has 2 atom stereocenters. The second-order valence-corrected chi connectivity index (χ2v) is 4.61. The van der Waals surface area contributed by atoms with E-state index in [4.69, 9.17) is 0 Å². The molecule has 1 N–H and O–H groups in total. The lowest BCUT2D eigenvalue weighted by Gasteiger charge is -2.34. The van der Waals surface area contributed by atoms with E-state index in [2.05, 4.69) is 31.0 Å². The lowest BCUT2D eigenvalue weighted by molar-refractivity contribution is 0.211. The van der Waals surface area contributed by atoms with Gasteiger partial charge >= 0.3 is 0 Å². The third-order valence-electron chi connectivity index (χ3n) is 3.31. The SMILES string of the molecule is CC#CCNC1CCCCC1C(C)C. The molecule has 0 bridgehead atoms. The molecule has 1 rings (SSSR count). The van der Waals surface area contributed by atoms with Crippen molar-refractivity contribution in [1.82, 2.24) is 5.32 Å². The highest BCUT2D eigenvalue weighted by Crippen LogP contribution is 2.29. The van der Waals surface area contributed by atoms with Crippen LogP contribution in [0.5, 0.6) is 0 Å². The van der Waals surface area contributed by atoms with Crippen molar-refractivity contribution in [3.8, 4) is 11.8 Å². The minimum atomic E-state index is 0.713. The Labute approximate surface area is 88.7 Å². The maximum absolute atomic E-state index is 3.58. The summed E-state index contributed by atoms with van der Waals surface area (Å²) >= 11 is 0. The highest BCUT2D eigenvalue weighted by atomic mass is 14.9. The molecule has 0 aromatic heterocycles. The maximum Gasteiger partial charge on any atom is 0.0578 e. The van der Waals surface area contributed by atoms with Crippen LogP contribution < -0.4 is 5.32 Å². The van der Waals surface area contributed by atoms with Crippen molar-refractivity contribution in [2.45, 2.75) is 52.5 Å². The van der Waals surface area contributed by atoms with Gasteiger partial charge in [0.05, 0.1) is 6.54 Å². The van der Waals surface area contributed by atoms with E-state index in [1.807, 2.05) is 6.92 Å². The van der Waals surface area contributed by atoms with E-state index >= 15 is 0 Å². The number of hydrogen-bond acceptors (Lipinski definition) is 1. The van der Waals surface area contributed by atoms with Crippen molar-refractivity contribution in [2.24, 2.45) is 11.8 Å². The quantitative estimate of drug-likeness (QED) is 0.680. The van der Waals surface area contributed by atoms with Gasteiger partial charge in [0.15, 0.2) is 0 Å². The first-order valence-electron chi connectivity index (χ1n) is 5.88. The minimum absolute atomic E-state index is 0.713. The van der Waals surface area contributed by atoms with E-state index in [-0.39, 0.29) is 0 Å². The summed E-state index contributed by atoms with van der Waals surface area (Å²) in [5, 5.41) is 3.58. The third kappa shape index (κ3) is 3.35. The third-order valence-corrected chi connectivity index (χ3v) is 3.31. The van der Waals surface area contributed by atoms with E-state index in [1.165, 1.54) is 25.7 Å². The van der Waals surface area contributed by atoms with Gasteiger partial charge in [-0.25, -0.2) is 0 Å². The molecule has 1 saturated carbocycles. The van der Waals surface area contributed by atoms with Gasteiger partial charge in [-0.1, -0.05) is 32.6 Å². The van der Waals surface area contributed by atoms with Crippen molar-refractivity contribution < 1.29 is 0 Å². The lowest BCUT2D eigenvalue weighted by Crippen LogP contribution is -2.40. The molecule has 1 aliphatic rings. The van der Waals surface area contributed by atoms with Crippen LogP contribution in [0.3, 0.4) is 0 Å². The summed E-state index contributed by atoms with van der Waals surface area (Å²) in [4.78, 5) is 0. The normalized spacial score (nSPS) is 27.1. The van der Waals surface area contributed by atoms with Crippen molar-refractivity contribution in [2.75, 3.05) is 6.54 Å². The molecule has 0 aromatic carbocycles. The topological polar surface area (TPSA) is 12.0 Å². The first-order chi connectivity index (χ1) is 6.75. The average Bonchev–Trinajstić information content (AvgIpc) is 2.19. The van der Waals surface area contributed by atoms with Crippen molar-refractivity contribution in [3.05, 3.63) is 0 Å². The molecule has 2 unspecified atom stereocenters. The second-order valence-electron chi connectivity index (χ2n) is 4.61. The van der Waals surface area contributed by atoms with Crippen molar-refractivity contribution >= 4 is 0 Å². The fourth-order valence-corrected chi connectivity index (χ4v) is 2.48. The fourth-order valence-electron chi connectivity index (χ4n) is 2.48. The molecular formula is C13H23N. The Morgan fingerprint density at radius 2 is 2.00 bits per heavy atom. The summed E-state index contributed by atoms with van der Waals surface area (Å²) in [5.74, 6) is 7.70. The molecule has 0 radical (unpaired) electrons. The van der Waals surface area contributed by atoms with E-state index in [0.717, 1.165) is 18.4 Å². The predicted octanol–water partition coefficient (Wildman–Crippen LogP) is 2.81. The minimum Gasteiger partial charge on any atom is -0.303 e. The zero-order chi connectivity index (χ0) is 10.4. The summed E-state index contributed by atoms with van der Waals surface area (Å²) in [7, 11) is 0. The van der Waals surface area contributed by atoms with Crippen LogP contribution in [0.1, 0.15) is 46.5 Å². The van der Waals surface area contributed by atoms with E-state index < -0.39 is 0 Å². The molecule has 1 fully saturated rings. The van der Waals surface area contributed by atoms with Crippen LogP contribution in [-0.2, 0) is 0 Å². The molecule has 0 saturated heterocycles. The van der Waals surface area contributed by atoms with Crippen LogP contribution >= 0.6 is 0 Å². The number of rotatable bonds is 3. The lowest BCUT2D eigenvalue weighted by atomic mass is 9.78. The molecule has 1 nitrogen and oxygen atoms in total. The zero-order valence-corrected chi connectivity index (χ0v) is 9.77. The Bertz CT molecular complexity index is 209. The first kappa shape index (κ1) is 11.6. The Hall–Kier alpha value is -0.480. The molecule has 14 heavy (non-hydrogen) atoms. The van der Waals surface area contributed by atoms with Crippen LogP contribution in [0.4, 0.5) is 0 Å². The highest BCUT2D eigenvalue weighted by Gasteiger charge is 2.26. The average molecular weight is 193 g/mol. The molecule has 0 aliphatic heterocycles. The van der Waals surface area contributed by atoms with Gasteiger partial charge in [0.25, 0.3) is 0 Å². The van der Waals surface area contributed by atoms with E-state index in [9.17, 15) is 0 Å². The van der Waals surface area contributed by atoms with Crippen molar-refractivity contribution in [1.29, 1.82) is 0 Å². The fraction of sp³-hybridized carbons (Fsp3) is 0.846. The standard InChI is InChI=1S/C13H23N/c1-4-5-10-14-13-9-7-6-8-12(13)11(2)3/h11-14H,6-10H2,1-3H3. The van der Waals surface area contributed by atoms with Gasteiger partial charge < -0.3 is 5.32 Å². The largest absolute Gasteiger partial charge is 0.303 e. The van der Waals surface area contributed by atoms with E-state index in [0.29, 0.717) is 6.04 Å². The smallest absolute Gasteiger partial charge is 0.0578 e. The van der Waals surface area contributed by atoms with Gasteiger partial charge in [-0.15, -0.1) is 5.92 Å². The molecule has 0 amide bonds. The van der Waals surface area contributed by atoms with E-state index in [1.54, 1.807) is 0 Å². The number of hydrogen-bond donors (Lipinski definition) is 1. The van der Waals surface area contributed by atoms with Crippen LogP contribution in [0.2, 0.25) is 0 Å². The molecule has 1 aliphatic carbocycles. The van der Waals surface area contributed by atoms with Crippen LogP contribution in [-0.4, -0.2) is 12.6 Å². The van der Waals surface area contributed by atoms with Crippen molar-refractivity contribution in [3.63, 3.8) is 0 Å². The summed E-state index contributed by atoms with van der Waals surface area (Å²) in [6.45, 7) is 7.46. The Morgan fingerprint density at radius 1 is 1.29 bits per heavy atom. The molecule has 80 valence electrons. The summed E-state index contributed by atoms with van der Waals surface area (Å²) in [6.07, 6.45) is 5.55. The summed E-state index contributed by atoms with van der Waals surface area (Å²) in [5.41, 5.74) is 0. The number of nitrogens with one attached hydrogen (secondary N) is 1. The van der Waals surface area contributed by atoms with Gasteiger partial charge in [-0.3, -0.25) is 0 Å². The maximum atomic E-state index is 3.58. The second kappa shape index (κ2) is 6.09. The zero-order valence-electron chi connectivity index (χ0n) is 9.77. The summed E-state index contributed by atoms with van der Waals surface area (Å²) in [6, 6.07) is 0.713. The predicted molar refractivity (Wildman–Crippen MR) is 62.0 cm³/mol. The Morgan fingerprint density at radius 3 is 2.64 bits per heavy atom. The summed E-state index contributed by atoms with van der Waals surface area (Å²) < 4.78 is 0. The van der Waals surface area contributed by atoms with Gasteiger partial charge in [0.2, 0.25) is 0 Å². The monoisotopic (exact) mass is 193 g/mol. The van der Waals surface area contributed by atoms with Gasteiger partial charge in [0, 0.05) is 6.04 Å². The van der Waals surface area contributed by atoms with Gasteiger partial charge in [0.1, 0.15) is 0 Å². The molecule has 1 heteroatoms. The van der Waals surface area contributed by atoms with Crippen LogP contribution in [0, 0.1) is 23.7 Å². The molecular weight excluding hydrogens is 170 g/mol.